The van der Waals surface area contributed by atoms with Crippen LogP contribution in [0.1, 0.15) is 91.9 Å². The second-order valence-corrected chi connectivity index (χ2v) is 18.8. The quantitative estimate of drug-likeness (QED) is 0.194. The van der Waals surface area contributed by atoms with Gasteiger partial charge in [0.05, 0.1) is 32.0 Å². The molecule has 0 amide bonds. The van der Waals surface area contributed by atoms with E-state index in [0.717, 1.165) is 45.1 Å². The summed E-state index contributed by atoms with van der Waals surface area (Å²) < 4.78 is 36.9. The lowest BCUT2D eigenvalue weighted by molar-refractivity contribution is -0.338. The van der Waals surface area contributed by atoms with E-state index >= 15 is 0 Å². The summed E-state index contributed by atoms with van der Waals surface area (Å²) in [6.07, 6.45) is -3.38. The molecular formula is C39H64O13. The third kappa shape index (κ3) is 6.06. The highest BCUT2D eigenvalue weighted by atomic mass is 16.7. The van der Waals surface area contributed by atoms with E-state index in [9.17, 15) is 35.7 Å². The zero-order valence-electron chi connectivity index (χ0n) is 31.2. The smallest absolute Gasteiger partial charge is 0.186 e. The average molecular weight is 741 g/mol. The lowest BCUT2D eigenvalue weighted by Crippen LogP contribution is -2.62. The molecule has 13 nitrogen and oxygen atoms in total. The van der Waals surface area contributed by atoms with Crippen LogP contribution in [-0.4, -0.2) is 135 Å². The minimum Gasteiger partial charge on any atom is -0.394 e. The standard InChI is InChI=1S/C39H64O13/c1-18-7-12-39(48-16-18)19(2)28-25(52-39)14-24-22-6-5-20-13-21(8-10-37(20,3)23(22)9-11-38(24,28)4)49-36-34(46)32(44)30(42)27(51-36)17-47-35-33(45)31(43)29(41)26(15-40)50-35/h18-36,40-46H,5-17H2,1-4H3/t18-,19-,20+,21+,22+,23-,24-,25-,26-,27+,28-,29+,30+,31-,32-,33+,34+,35-,36+,37-,38-,39+/m1/s1. The first-order valence-corrected chi connectivity index (χ1v) is 20.3. The van der Waals surface area contributed by atoms with Crippen LogP contribution in [-0.2, 0) is 28.4 Å². The predicted octanol–water partition coefficient (Wildman–Crippen LogP) is 1.44. The second-order valence-electron chi connectivity index (χ2n) is 18.8. The maximum atomic E-state index is 10.9. The highest BCUT2D eigenvalue weighted by Crippen LogP contribution is 2.71. The van der Waals surface area contributed by atoms with E-state index in [1.807, 2.05) is 0 Å². The number of ether oxygens (including phenoxy) is 6. The Morgan fingerprint density at radius 2 is 1.38 bits per heavy atom. The number of aliphatic hydroxyl groups is 7. The fraction of sp³-hybridized carbons (Fsp3) is 1.00. The van der Waals surface area contributed by atoms with Crippen LogP contribution in [0.15, 0.2) is 0 Å². The zero-order valence-corrected chi connectivity index (χ0v) is 31.2. The molecule has 4 aliphatic carbocycles. The molecule has 52 heavy (non-hydrogen) atoms. The van der Waals surface area contributed by atoms with Crippen molar-refractivity contribution in [2.24, 2.45) is 52.3 Å². The van der Waals surface area contributed by atoms with Gasteiger partial charge in [0.1, 0.15) is 48.8 Å². The van der Waals surface area contributed by atoms with Gasteiger partial charge in [-0.15, -0.1) is 0 Å². The first-order chi connectivity index (χ1) is 24.7. The largest absolute Gasteiger partial charge is 0.394 e. The Balaban J connectivity index is 0.886. The van der Waals surface area contributed by atoms with Crippen molar-refractivity contribution >= 4 is 0 Å². The minimum atomic E-state index is -1.62. The van der Waals surface area contributed by atoms with Crippen molar-refractivity contribution in [2.75, 3.05) is 19.8 Å². The summed E-state index contributed by atoms with van der Waals surface area (Å²) in [4.78, 5) is 0. The monoisotopic (exact) mass is 740 g/mol. The maximum absolute atomic E-state index is 10.9. The summed E-state index contributed by atoms with van der Waals surface area (Å²) in [5.74, 6) is 3.63. The Bertz CT molecular complexity index is 1260. The molecule has 0 aromatic rings. The van der Waals surface area contributed by atoms with Crippen molar-refractivity contribution in [2.45, 2.75) is 171 Å². The molecule has 0 bridgehead atoms. The molecule has 8 fully saturated rings. The summed E-state index contributed by atoms with van der Waals surface area (Å²) in [5, 5.41) is 72.4. The van der Waals surface area contributed by atoms with E-state index in [-0.39, 0.29) is 29.6 Å². The van der Waals surface area contributed by atoms with Crippen molar-refractivity contribution in [3.63, 3.8) is 0 Å². The summed E-state index contributed by atoms with van der Waals surface area (Å²) in [6, 6.07) is 0. The molecule has 0 unspecified atom stereocenters. The van der Waals surface area contributed by atoms with Gasteiger partial charge in [0.15, 0.2) is 18.4 Å². The van der Waals surface area contributed by atoms with Gasteiger partial charge in [-0.05, 0) is 104 Å². The summed E-state index contributed by atoms with van der Waals surface area (Å²) in [7, 11) is 0. The van der Waals surface area contributed by atoms with Gasteiger partial charge in [0.25, 0.3) is 0 Å². The van der Waals surface area contributed by atoms with Crippen molar-refractivity contribution in [1.82, 2.24) is 0 Å². The van der Waals surface area contributed by atoms with Crippen LogP contribution in [0.25, 0.3) is 0 Å². The van der Waals surface area contributed by atoms with Crippen molar-refractivity contribution in [3.8, 4) is 0 Å². The molecule has 13 heteroatoms. The first kappa shape index (κ1) is 38.4. The SMILES string of the molecule is C[C@@H]1CC[C@]2(OC1)O[C@@H]1C[C@@H]3[C@H]4CC[C@H]5C[C@@H](O[C@H]6O[C@@H](CO[C@@H]7O[C@H](CO)[C@H](O)[C@@H](O)[C@@H]7O)[C@H](O)[C@@H](O)[C@@H]6O)CC[C@@]5(C)[C@@H]4CC[C@@]3(C)[C@@H]1[C@H]2C. The van der Waals surface area contributed by atoms with E-state index in [0.29, 0.717) is 41.4 Å². The number of aliphatic hydroxyl groups excluding tert-OH is 7. The molecule has 4 aliphatic heterocycles. The first-order valence-electron chi connectivity index (χ1n) is 20.3. The molecule has 0 aromatic carbocycles. The number of hydrogen-bond acceptors (Lipinski definition) is 13. The number of fused-ring (bicyclic) bond motifs is 7. The summed E-state index contributed by atoms with van der Waals surface area (Å²) in [5.41, 5.74) is 0.468. The van der Waals surface area contributed by atoms with Crippen LogP contribution >= 0.6 is 0 Å². The van der Waals surface area contributed by atoms with Gasteiger partial charge in [-0.2, -0.15) is 0 Å². The molecule has 4 saturated heterocycles. The van der Waals surface area contributed by atoms with E-state index in [4.69, 9.17) is 28.4 Å². The van der Waals surface area contributed by atoms with E-state index in [1.165, 1.54) is 25.7 Å². The van der Waals surface area contributed by atoms with Crippen molar-refractivity contribution in [3.05, 3.63) is 0 Å². The minimum absolute atomic E-state index is 0.188. The van der Waals surface area contributed by atoms with Gasteiger partial charge < -0.3 is 64.2 Å². The summed E-state index contributed by atoms with van der Waals surface area (Å²) in [6.45, 7) is 9.58. The molecule has 8 aliphatic rings. The fourth-order valence-electron chi connectivity index (χ4n) is 13.1. The van der Waals surface area contributed by atoms with E-state index in [2.05, 4.69) is 27.7 Å². The Hall–Kier alpha value is -0.520. The lowest BCUT2D eigenvalue weighted by Gasteiger charge is -2.61. The number of hydrogen-bond donors (Lipinski definition) is 7. The van der Waals surface area contributed by atoms with Crippen molar-refractivity contribution in [1.29, 1.82) is 0 Å². The summed E-state index contributed by atoms with van der Waals surface area (Å²) >= 11 is 0. The molecule has 1 spiro atoms. The lowest BCUT2D eigenvalue weighted by atomic mass is 9.44. The Morgan fingerprint density at radius 3 is 2.10 bits per heavy atom. The average Bonchev–Trinajstić information content (AvgIpc) is 3.58. The van der Waals surface area contributed by atoms with Crippen LogP contribution in [0.3, 0.4) is 0 Å². The Morgan fingerprint density at radius 1 is 0.692 bits per heavy atom. The molecular weight excluding hydrogens is 676 g/mol. The van der Waals surface area contributed by atoms with E-state index < -0.39 is 73.8 Å². The molecule has 4 saturated carbocycles. The van der Waals surface area contributed by atoms with Gasteiger partial charge in [0, 0.05) is 12.3 Å². The topological polar surface area (TPSA) is 197 Å². The molecule has 7 N–H and O–H groups in total. The van der Waals surface area contributed by atoms with Crippen LogP contribution in [0.4, 0.5) is 0 Å². The number of rotatable bonds is 6. The predicted molar refractivity (Wildman–Crippen MR) is 183 cm³/mol. The third-order valence-electron chi connectivity index (χ3n) is 16.2. The highest BCUT2D eigenvalue weighted by molar-refractivity contribution is 5.15. The fourth-order valence-corrected chi connectivity index (χ4v) is 13.1. The normalized spacial score (nSPS) is 59.0. The Labute approximate surface area is 307 Å². The molecule has 8 rings (SSSR count). The van der Waals surface area contributed by atoms with Crippen molar-refractivity contribution < 1.29 is 64.2 Å². The van der Waals surface area contributed by atoms with Crippen LogP contribution in [0, 0.1) is 52.3 Å². The van der Waals surface area contributed by atoms with Gasteiger partial charge >= 0.3 is 0 Å². The Kier molecular flexibility index (Phi) is 10.4. The third-order valence-corrected chi connectivity index (χ3v) is 16.2. The van der Waals surface area contributed by atoms with Crippen LogP contribution < -0.4 is 0 Å². The van der Waals surface area contributed by atoms with Gasteiger partial charge in [0.2, 0.25) is 0 Å². The van der Waals surface area contributed by atoms with Crippen LogP contribution in [0.5, 0.6) is 0 Å². The van der Waals surface area contributed by atoms with E-state index in [1.54, 1.807) is 0 Å². The van der Waals surface area contributed by atoms with Gasteiger partial charge in [-0.25, -0.2) is 0 Å². The second kappa shape index (κ2) is 14.1. The molecule has 0 aromatic heterocycles. The van der Waals surface area contributed by atoms with Crippen LogP contribution in [0.2, 0.25) is 0 Å². The molecule has 22 atom stereocenters. The maximum Gasteiger partial charge on any atom is 0.186 e. The molecule has 4 heterocycles. The molecule has 298 valence electrons. The molecule has 0 radical (unpaired) electrons. The highest BCUT2D eigenvalue weighted by Gasteiger charge is 2.69. The zero-order chi connectivity index (χ0) is 36.9. The van der Waals surface area contributed by atoms with Gasteiger partial charge in [-0.3, -0.25) is 0 Å². The van der Waals surface area contributed by atoms with Gasteiger partial charge in [-0.1, -0.05) is 27.7 Å².